The molecule has 0 saturated heterocycles. The molecule has 1 aromatic rings. The van der Waals surface area contributed by atoms with Crippen LogP contribution in [0.5, 0.6) is 0 Å². The smallest absolute Gasteiger partial charge is 0.278 e. The van der Waals surface area contributed by atoms with Gasteiger partial charge in [0.05, 0.1) is 10.5 Å². The highest BCUT2D eigenvalue weighted by Gasteiger charge is 2.32. The summed E-state index contributed by atoms with van der Waals surface area (Å²) in [5, 5.41) is 11.0. The predicted octanol–water partition coefficient (Wildman–Crippen LogP) is 2.21. The number of nitro groups is 1. The molecule has 3 rings (SSSR count). The van der Waals surface area contributed by atoms with Gasteiger partial charge in [-0.2, -0.15) is 0 Å². The molecule has 0 heterocycles. The molecule has 2 aliphatic rings. The molecule has 0 amide bonds. The molecule has 0 N–H and O–H groups in total. The summed E-state index contributed by atoms with van der Waals surface area (Å²) in [6.45, 7) is 0. The zero-order valence-corrected chi connectivity index (χ0v) is 8.71. The molecule has 0 fully saturated rings. The van der Waals surface area contributed by atoms with Crippen LogP contribution >= 0.6 is 0 Å². The topological polar surface area (TPSA) is 60.2 Å². The van der Waals surface area contributed by atoms with E-state index in [0.29, 0.717) is 11.1 Å². The van der Waals surface area contributed by atoms with Crippen LogP contribution in [-0.4, -0.2) is 10.7 Å². The molecule has 4 heteroatoms. The fraction of sp³-hybridized carbons (Fsp3) is 0. The van der Waals surface area contributed by atoms with Gasteiger partial charge in [-0.1, -0.05) is 24.3 Å². The molecule has 0 aromatic heterocycles. The number of nitrogens with zero attached hydrogens (tertiary/aromatic N) is 1. The Morgan fingerprint density at radius 1 is 1.12 bits per heavy atom. The van der Waals surface area contributed by atoms with E-state index >= 15 is 0 Å². The molecular weight excluding hydrogens is 218 g/mol. The van der Waals surface area contributed by atoms with Crippen LogP contribution in [0.25, 0.3) is 11.6 Å². The van der Waals surface area contributed by atoms with E-state index in [1.807, 2.05) is 18.2 Å². The summed E-state index contributed by atoms with van der Waals surface area (Å²) in [6.07, 6.45) is 4.23. The third-order valence-corrected chi connectivity index (χ3v) is 2.91. The van der Waals surface area contributed by atoms with Crippen molar-refractivity contribution in [2.45, 2.75) is 0 Å². The van der Waals surface area contributed by atoms with Crippen LogP contribution < -0.4 is 0 Å². The molecular formula is C13H7NO3. The summed E-state index contributed by atoms with van der Waals surface area (Å²) >= 11 is 0. The molecule has 0 saturated carbocycles. The molecule has 0 bridgehead atoms. The zero-order valence-electron chi connectivity index (χ0n) is 8.71. The minimum Gasteiger partial charge on any atom is -0.289 e. The van der Waals surface area contributed by atoms with Crippen molar-refractivity contribution in [3.05, 3.63) is 68.9 Å². The summed E-state index contributed by atoms with van der Waals surface area (Å²) < 4.78 is 0. The van der Waals surface area contributed by atoms with Gasteiger partial charge in [0.1, 0.15) is 0 Å². The van der Waals surface area contributed by atoms with Gasteiger partial charge in [-0.15, -0.1) is 0 Å². The highest BCUT2D eigenvalue weighted by Crippen LogP contribution is 2.40. The normalized spacial score (nSPS) is 16.7. The van der Waals surface area contributed by atoms with E-state index in [-0.39, 0.29) is 11.5 Å². The molecule has 4 nitrogen and oxygen atoms in total. The van der Waals surface area contributed by atoms with Crippen molar-refractivity contribution in [1.29, 1.82) is 0 Å². The van der Waals surface area contributed by atoms with Crippen LogP contribution in [0.4, 0.5) is 0 Å². The highest BCUT2D eigenvalue weighted by atomic mass is 16.6. The first-order chi connectivity index (χ1) is 8.18. The zero-order chi connectivity index (χ0) is 12.0. The summed E-state index contributed by atoms with van der Waals surface area (Å²) in [5.74, 6) is -0.179. The quantitative estimate of drug-likeness (QED) is 0.543. The van der Waals surface area contributed by atoms with E-state index in [9.17, 15) is 14.9 Å². The van der Waals surface area contributed by atoms with Crippen LogP contribution in [-0.2, 0) is 4.79 Å². The average Bonchev–Trinajstić information content (AvgIpc) is 2.69. The van der Waals surface area contributed by atoms with E-state index < -0.39 is 4.92 Å². The number of allylic oxidation sites excluding steroid dienone is 4. The second kappa shape index (κ2) is 3.25. The Hall–Kier alpha value is -2.49. The van der Waals surface area contributed by atoms with Gasteiger partial charge in [-0.25, -0.2) is 0 Å². The lowest BCUT2D eigenvalue weighted by Gasteiger charge is -2.08. The maximum atomic E-state index is 11.7. The Morgan fingerprint density at radius 3 is 2.65 bits per heavy atom. The van der Waals surface area contributed by atoms with E-state index in [2.05, 4.69) is 0 Å². The van der Waals surface area contributed by atoms with Gasteiger partial charge in [0.25, 0.3) is 5.70 Å². The number of carbonyl (C=O) groups is 1. The van der Waals surface area contributed by atoms with Crippen LogP contribution in [0.15, 0.2) is 47.7 Å². The standard InChI is InChI=1S/C13H7NO3/c15-12-6-5-11(14(16)17)13-9-4-2-1-3-8(9)7-10(12)13/h1-7H. The fourth-order valence-corrected chi connectivity index (χ4v) is 2.17. The van der Waals surface area contributed by atoms with Gasteiger partial charge < -0.3 is 0 Å². The first-order valence-electron chi connectivity index (χ1n) is 5.11. The third-order valence-electron chi connectivity index (χ3n) is 2.91. The van der Waals surface area contributed by atoms with Gasteiger partial charge >= 0.3 is 0 Å². The van der Waals surface area contributed by atoms with Crippen LogP contribution in [0.3, 0.4) is 0 Å². The molecule has 0 atom stereocenters. The maximum Gasteiger partial charge on any atom is 0.278 e. The van der Waals surface area contributed by atoms with Crippen molar-refractivity contribution >= 4 is 17.4 Å². The fourth-order valence-electron chi connectivity index (χ4n) is 2.17. The van der Waals surface area contributed by atoms with E-state index in [1.54, 1.807) is 12.1 Å². The van der Waals surface area contributed by atoms with Crippen LogP contribution in [0, 0.1) is 10.1 Å². The van der Waals surface area contributed by atoms with Gasteiger partial charge in [0.15, 0.2) is 5.78 Å². The monoisotopic (exact) mass is 225 g/mol. The van der Waals surface area contributed by atoms with Crippen LogP contribution in [0.1, 0.15) is 11.1 Å². The number of fused-ring (bicyclic) bond motifs is 3. The Morgan fingerprint density at radius 2 is 1.88 bits per heavy atom. The first-order valence-corrected chi connectivity index (χ1v) is 5.11. The Balaban J connectivity index is 2.35. The summed E-state index contributed by atoms with van der Waals surface area (Å²) in [4.78, 5) is 22.2. The molecule has 0 unspecified atom stereocenters. The molecule has 0 aliphatic heterocycles. The largest absolute Gasteiger partial charge is 0.289 e. The lowest BCUT2D eigenvalue weighted by Crippen LogP contribution is -2.10. The third kappa shape index (κ3) is 1.27. The van der Waals surface area contributed by atoms with Crippen molar-refractivity contribution in [2.24, 2.45) is 0 Å². The molecule has 0 spiro atoms. The summed E-state index contributed by atoms with van der Waals surface area (Å²) in [7, 11) is 0. The first kappa shape index (κ1) is 9.72. The number of rotatable bonds is 1. The summed E-state index contributed by atoms with van der Waals surface area (Å²) in [5.41, 5.74) is 2.46. The Kier molecular flexibility index (Phi) is 1.86. The summed E-state index contributed by atoms with van der Waals surface area (Å²) in [6, 6.07) is 7.29. The lowest BCUT2D eigenvalue weighted by molar-refractivity contribution is -0.418. The highest BCUT2D eigenvalue weighted by molar-refractivity contribution is 6.24. The van der Waals surface area contributed by atoms with Gasteiger partial charge in [0, 0.05) is 11.6 Å². The minimum atomic E-state index is -0.450. The van der Waals surface area contributed by atoms with Crippen molar-refractivity contribution in [2.75, 3.05) is 0 Å². The van der Waals surface area contributed by atoms with Gasteiger partial charge in [-0.3, -0.25) is 14.9 Å². The molecule has 82 valence electrons. The van der Waals surface area contributed by atoms with Gasteiger partial charge in [-0.05, 0) is 23.3 Å². The number of benzene rings is 1. The van der Waals surface area contributed by atoms with Crippen molar-refractivity contribution in [1.82, 2.24) is 0 Å². The number of carbonyl (C=O) groups excluding carboxylic acids is 1. The average molecular weight is 225 g/mol. The number of ketones is 1. The molecule has 17 heavy (non-hydrogen) atoms. The van der Waals surface area contributed by atoms with E-state index in [1.165, 1.54) is 12.2 Å². The van der Waals surface area contributed by atoms with E-state index in [4.69, 9.17) is 0 Å². The van der Waals surface area contributed by atoms with E-state index in [0.717, 1.165) is 11.1 Å². The lowest BCUT2D eigenvalue weighted by atomic mass is 9.94. The minimum absolute atomic E-state index is 0.0131. The van der Waals surface area contributed by atoms with Crippen LogP contribution in [0.2, 0.25) is 0 Å². The maximum absolute atomic E-state index is 11.7. The second-order valence-corrected chi connectivity index (χ2v) is 3.86. The molecule has 2 aliphatic carbocycles. The molecule has 1 aromatic carbocycles. The molecule has 0 radical (unpaired) electrons. The number of hydrogen-bond acceptors (Lipinski definition) is 3. The van der Waals surface area contributed by atoms with Crippen molar-refractivity contribution < 1.29 is 9.72 Å². The SMILES string of the molecule is O=C1C=CC([N+](=O)[O-])=C2C1=Cc1ccccc12. The number of hydrogen-bond donors (Lipinski definition) is 0. The predicted molar refractivity (Wildman–Crippen MR) is 62.5 cm³/mol. The second-order valence-electron chi connectivity index (χ2n) is 3.86. The van der Waals surface area contributed by atoms with Crippen molar-refractivity contribution in [3.8, 4) is 0 Å². The Labute approximate surface area is 96.7 Å². The van der Waals surface area contributed by atoms with Gasteiger partial charge in [0.2, 0.25) is 0 Å². The van der Waals surface area contributed by atoms with Crippen molar-refractivity contribution in [3.63, 3.8) is 0 Å². The Bertz CT molecular complexity index is 650.